The van der Waals surface area contributed by atoms with Crippen LogP contribution in [0.1, 0.15) is 5.82 Å². The van der Waals surface area contributed by atoms with Gasteiger partial charge in [-0.1, -0.05) is 0 Å². The van der Waals surface area contributed by atoms with Gasteiger partial charge in [0.2, 0.25) is 0 Å². The molecular weight excluding hydrogens is 390 g/mol. The Bertz CT molecular complexity index is 1560. The minimum Gasteiger partial charge on any atom is -0.336 e. The number of imidazole rings is 2. The molecule has 6 aromatic heterocycles. The Morgan fingerprint density at radius 1 is 0.903 bits per heavy atom. The number of nitrogens with zero attached hydrogens (tertiary/aromatic N) is 7. The third-order valence-electron chi connectivity index (χ3n) is 5.51. The van der Waals surface area contributed by atoms with Crippen LogP contribution in [0.25, 0.3) is 56.1 Å². The summed E-state index contributed by atoms with van der Waals surface area (Å²) in [5.41, 5.74) is 6.79. The Hall–Kier alpha value is -4.40. The van der Waals surface area contributed by atoms with Gasteiger partial charge in [0.1, 0.15) is 17.0 Å². The van der Waals surface area contributed by atoms with E-state index >= 15 is 0 Å². The van der Waals surface area contributed by atoms with Crippen molar-refractivity contribution in [3.8, 4) is 34.2 Å². The van der Waals surface area contributed by atoms with Crippen molar-refractivity contribution < 1.29 is 0 Å². The molecule has 0 atom stereocenters. The van der Waals surface area contributed by atoms with Gasteiger partial charge in [-0.25, -0.2) is 9.97 Å². The van der Waals surface area contributed by atoms with Crippen molar-refractivity contribution in [3.05, 3.63) is 61.1 Å². The van der Waals surface area contributed by atoms with E-state index in [2.05, 4.69) is 35.1 Å². The van der Waals surface area contributed by atoms with E-state index in [1.54, 1.807) is 24.8 Å². The molecule has 0 spiro atoms. The van der Waals surface area contributed by atoms with Crippen LogP contribution in [0.4, 0.5) is 0 Å². The van der Waals surface area contributed by atoms with Crippen molar-refractivity contribution in [2.45, 2.75) is 6.92 Å². The van der Waals surface area contributed by atoms with Crippen LogP contribution in [-0.2, 0) is 7.05 Å². The normalized spacial score (nSPS) is 11.5. The van der Waals surface area contributed by atoms with Crippen molar-refractivity contribution in [1.29, 1.82) is 0 Å². The molecule has 0 amide bonds. The maximum atomic E-state index is 4.85. The van der Waals surface area contributed by atoms with Crippen molar-refractivity contribution in [2.75, 3.05) is 0 Å². The van der Waals surface area contributed by atoms with Crippen LogP contribution in [-0.4, -0.2) is 44.7 Å². The predicted octanol–water partition coefficient (Wildman–Crippen LogP) is 3.67. The Balaban J connectivity index is 1.52. The molecule has 2 N–H and O–H groups in total. The number of rotatable bonds is 3. The highest BCUT2D eigenvalue weighted by Crippen LogP contribution is 2.31. The summed E-state index contributed by atoms with van der Waals surface area (Å²) in [7, 11) is 1.98. The van der Waals surface area contributed by atoms with Crippen molar-refractivity contribution in [3.63, 3.8) is 0 Å². The molecule has 9 nitrogen and oxygen atoms in total. The number of aryl methyl sites for hydroxylation is 1. The van der Waals surface area contributed by atoms with Crippen LogP contribution >= 0.6 is 0 Å². The van der Waals surface area contributed by atoms with E-state index in [0.29, 0.717) is 5.82 Å². The average molecular weight is 407 g/mol. The summed E-state index contributed by atoms with van der Waals surface area (Å²) in [6, 6.07) is 7.78. The van der Waals surface area contributed by atoms with Crippen molar-refractivity contribution in [2.24, 2.45) is 7.05 Å². The van der Waals surface area contributed by atoms with E-state index in [1.807, 2.05) is 49.0 Å². The molecule has 0 aliphatic heterocycles. The third kappa shape index (κ3) is 2.71. The number of fused-ring (bicyclic) bond motifs is 2. The van der Waals surface area contributed by atoms with Gasteiger partial charge in [0.25, 0.3) is 0 Å². The zero-order chi connectivity index (χ0) is 20.9. The topological polar surface area (TPSA) is 114 Å². The van der Waals surface area contributed by atoms with E-state index in [-0.39, 0.29) is 0 Å². The summed E-state index contributed by atoms with van der Waals surface area (Å²) in [5.74, 6) is 1.60. The summed E-state index contributed by atoms with van der Waals surface area (Å²) in [6.07, 6.45) is 8.89. The lowest BCUT2D eigenvalue weighted by atomic mass is 10.1. The first kappa shape index (κ1) is 17.5. The van der Waals surface area contributed by atoms with Crippen LogP contribution in [0, 0.1) is 6.92 Å². The summed E-state index contributed by atoms with van der Waals surface area (Å²) in [4.78, 5) is 25.8. The maximum Gasteiger partial charge on any atom is 0.159 e. The van der Waals surface area contributed by atoms with Gasteiger partial charge in [-0.05, 0) is 31.2 Å². The molecule has 0 aliphatic carbocycles. The number of pyridine rings is 3. The smallest absolute Gasteiger partial charge is 0.159 e. The molecule has 0 radical (unpaired) electrons. The van der Waals surface area contributed by atoms with Gasteiger partial charge >= 0.3 is 0 Å². The van der Waals surface area contributed by atoms with Crippen molar-refractivity contribution in [1.82, 2.24) is 44.7 Å². The first-order valence-corrected chi connectivity index (χ1v) is 9.77. The van der Waals surface area contributed by atoms with Crippen molar-refractivity contribution >= 4 is 21.9 Å². The lowest BCUT2D eigenvalue weighted by Gasteiger charge is -2.03. The fourth-order valence-electron chi connectivity index (χ4n) is 3.75. The number of aromatic amines is 2. The molecule has 0 fully saturated rings. The molecule has 0 unspecified atom stereocenters. The molecule has 0 aromatic carbocycles. The Labute approximate surface area is 176 Å². The van der Waals surface area contributed by atoms with Gasteiger partial charge < -0.3 is 9.55 Å². The van der Waals surface area contributed by atoms with Crippen LogP contribution < -0.4 is 0 Å². The Kier molecular flexibility index (Phi) is 3.69. The fourth-order valence-corrected chi connectivity index (χ4v) is 3.75. The monoisotopic (exact) mass is 407 g/mol. The second-order valence-electron chi connectivity index (χ2n) is 7.31. The third-order valence-corrected chi connectivity index (χ3v) is 5.51. The second kappa shape index (κ2) is 6.56. The van der Waals surface area contributed by atoms with Crippen LogP contribution in [0.5, 0.6) is 0 Å². The number of nitrogens with one attached hydrogen (secondary N) is 2. The zero-order valence-electron chi connectivity index (χ0n) is 16.8. The van der Waals surface area contributed by atoms with Crippen LogP contribution in [0.15, 0.2) is 55.2 Å². The molecule has 9 heteroatoms. The lowest BCUT2D eigenvalue weighted by molar-refractivity contribution is 0.862. The molecule has 6 rings (SSSR count). The zero-order valence-corrected chi connectivity index (χ0v) is 16.8. The summed E-state index contributed by atoms with van der Waals surface area (Å²) >= 11 is 0. The average Bonchev–Trinajstić information content (AvgIpc) is 3.50. The molecule has 6 aromatic rings. The maximum absolute atomic E-state index is 4.85. The summed E-state index contributed by atoms with van der Waals surface area (Å²) in [6.45, 7) is 1.97. The standard InChI is InChI=1S/C22H17N9/c1-12-25-11-18(31(12)2)16-9-14-17(10-26-16)29-30-20(14)22-27-15-5-8-24-19(21(15)28-22)13-3-6-23-7-4-13/h3-11H,1-2H3,(H,27,28)(H,29,30). The summed E-state index contributed by atoms with van der Waals surface area (Å²) in [5, 5.41) is 8.50. The van der Waals surface area contributed by atoms with E-state index < -0.39 is 0 Å². The number of hydrogen-bond donors (Lipinski definition) is 2. The molecule has 0 bridgehead atoms. The minimum atomic E-state index is 0.669. The van der Waals surface area contributed by atoms with Gasteiger partial charge in [0, 0.05) is 36.6 Å². The molecule has 6 heterocycles. The molecule has 0 saturated carbocycles. The van der Waals surface area contributed by atoms with E-state index in [1.165, 1.54) is 0 Å². The Morgan fingerprint density at radius 3 is 2.58 bits per heavy atom. The van der Waals surface area contributed by atoms with Gasteiger partial charge in [0.15, 0.2) is 5.82 Å². The molecule has 0 saturated heterocycles. The Morgan fingerprint density at radius 2 is 1.77 bits per heavy atom. The van der Waals surface area contributed by atoms with E-state index in [0.717, 1.165) is 56.1 Å². The van der Waals surface area contributed by atoms with Gasteiger partial charge in [0.05, 0.1) is 40.5 Å². The van der Waals surface area contributed by atoms with Gasteiger partial charge in [-0.2, -0.15) is 5.10 Å². The molecule has 31 heavy (non-hydrogen) atoms. The van der Waals surface area contributed by atoms with Crippen LogP contribution in [0.2, 0.25) is 0 Å². The first-order chi connectivity index (χ1) is 15.2. The second-order valence-corrected chi connectivity index (χ2v) is 7.31. The predicted molar refractivity (Wildman–Crippen MR) is 117 cm³/mol. The van der Waals surface area contributed by atoms with E-state index in [9.17, 15) is 0 Å². The number of aromatic nitrogens is 9. The molecule has 0 aliphatic rings. The fraction of sp³-hybridized carbons (Fsp3) is 0.0909. The SMILES string of the molecule is Cc1ncc(-c2cc3c(-c4nc5c(-c6ccncc6)nccc5[nH]4)n[nH]c3cn2)n1C. The highest BCUT2D eigenvalue weighted by molar-refractivity contribution is 5.96. The van der Waals surface area contributed by atoms with E-state index in [4.69, 9.17) is 4.98 Å². The van der Waals surface area contributed by atoms with Crippen LogP contribution in [0.3, 0.4) is 0 Å². The lowest BCUT2D eigenvalue weighted by Crippen LogP contribution is -1.95. The number of hydrogen-bond acceptors (Lipinski definition) is 6. The highest BCUT2D eigenvalue weighted by atomic mass is 15.1. The molecule has 150 valence electrons. The quantitative estimate of drug-likeness (QED) is 0.463. The first-order valence-electron chi connectivity index (χ1n) is 9.77. The largest absolute Gasteiger partial charge is 0.336 e. The minimum absolute atomic E-state index is 0.669. The highest BCUT2D eigenvalue weighted by Gasteiger charge is 2.17. The molecular formula is C22H17N9. The van der Waals surface area contributed by atoms with Gasteiger partial charge in [-0.15, -0.1) is 0 Å². The number of H-pyrrole nitrogens is 2. The van der Waals surface area contributed by atoms with Gasteiger partial charge in [-0.3, -0.25) is 20.1 Å². The summed E-state index contributed by atoms with van der Waals surface area (Å²) < 4.78 is 2.02.